The zero-order valence-corrected chi connectivity index (χ0v) is 14.0. The molecular formula is C19H16F3NO3. The summed E-state index contributed by atoms with van der Waals surface area (Å²) in [5.41, 5.74) is -1.61. The highest BCUT2D eigenvalue weighted by atomic mass is 19.2. The number of rotatable bonds is 4. The van der Waals surface area contributed by atoms with Crippen LogP contribution in [0.3, 0.4) is 0 Å². The average Bonchev–Trinajstić information content (AvgIpc) is 2.84. The fourth-order valence-corrected chi connectivity index (χ4v) is 3.58. The second-order valence-electron chi connectivity index (χ2n) is 6.34. The number of fused-ring (bicyclic) bond motifs is 1. The highest BCUT2D eigenvalue weighted by Gasteiger charge is 2.55. The van der Waals surface area contributed by atoms with Gasteiger partial charge in [0.25, 0.3) is 5.91 Å². The zero-order valence-electron chi connectivity index (χ0n) is 14.0. The fraction of sp³-hybridized carbons (Fsp3) is 0.316. The lowest BCUT2D eigenvalue weighted by molar-refractivity contribution is -0.136. The lowest BCUT2D eigenvalue weighted by atomic mass is 9.86. The van der Waals surface area contributed by atoms with E-state index in [4.69, 9.17) is 9.47 Å². The molecular weight excluding hydrogens is 347 g/mol. The summed E-state index contributed by atoms with van der Waals surface area (Å²) in [6.07, 6.45) is 0.611. The summed E-state index contributed by atoms with van der Waals surface area (Å²) in [4.78, 5) is 14.7. The third-order valence-corrected chi connectivity index (χ3v) is 5.00. The van der Waals surface area contributed by atoms with Gasteiger partial charge in [-0.05, 0) is 36.2 Å². The van der Waals surface area contributed by atoms with Crippen molar-refractivity contribution in [3.63, 3.8) is 0 Å². The van der Waals surface area contributed by atoms with Crippen LogP contribution in [-0.4, -0.2) is 32.3 Å². The number of hydrogen-bond acceptors (Lipinski definition) is 3. The third-order valence-electron chi connectivity index (χ3n) is 5.00. The molecule has 2 heterocycles. The number of anilines is 1. The largest absolute Gasteiger partial charge is 0.376 e. The highest BCUT2D eigenvalue weighted by molar-refractivity contribution is 6.09. The van der Waals surface area contributed by atoms with Crippen molar-refractivity contribution < 1.29 is 27.4 Å². The molecule has 7 heteroatoms. The van der Waals surface area contributed by atoms with Crippen molar-refractivity contribution in [2.45, 2.75) is 18.1 Å². The van der Waals surface area contributed by atoms with Gasteiger partial charge in [0.1, 0.15) is 5.82 Å². The van der Waals surface area contributed by atoms with Crippen LogP contribution in [0.1, 0.15) is 17.5 Å². The van der Waals surface area contributed by atoms with Gasteiger partial charge in [-0.15, -0.1) is 0 Å². The molecule has 2 aliphatic heterocycles. The minimum Gasteiger partial charge on any atom is -0.376 e. The maximum Gasteiger partial charge on any atom is 0.268 e. The Balaban J connectivity index is 1.92. The summed E-state index contributed by atoms with van der Waals surface area (Å²) in [5.74, 6) is -3.30. The van der Waals surface area contributed by atoms with Crippen molar-refractivity contribution in [2.75, 3.05) is 25.2 Å². The summed E-state index contributed by atoms with van der Waals surface area (Å²) < 4.78 is 53.0. The molecule has 26 heavy (non-hydrogen) atoms. The van der Waals surface area contributed by atoms with Crippen molar-refractivity contribution in [2.24, 2.45) is 0 Å². The standard InChI is InChI=1S/C19H16F3NO3/c1-25-19(11-2-4-12(20)5-3-11)16-15(7-6-14(21)17(16)22)23(18(19)24)10-13-8-9-26-13/h2-7,13H,8-10H2,1H3/t13-,19+/m1/s1. The number of hydrogen-bond donors (Lipinski definition) is 0. The molecule has 1 saturated heterocycles. The van der Waals surface area contributed by atoms with Gasteiger partial charge in [0.2, 0.25) is 5.60 Å². The van der Waals surface area contributed by atoms with E-state index >= 15 is 0 Å². The Bertz CT molecular complexity index is 867. The monoisotopic (exact) mass is 363 g/mol. The Kier molecular flexibility index (Phi) is 4.00. The first-order valence-electron chi connectivity index (χ1n) is 8.22. The quantitative estimate of drug-likeness (QED) is 0.838. The van der Waals surface area contributed by atoms with Gasteiger partial charge in [-0.3, -0.25) is 4.79 Å². The molecule has 2 aromatic rings. The molecule has 2 aromatic carbocycles. The molecule has 0 radical (unpaired) electrons. The Morgan fingerprint density at radius 1 is 1.19 bits per heavy atom. The Labute approximate surface area is 148 Å². The smallest absolute Gasteiger partial charge is 0.268 e. The lowest BCUT2D eigenvalue weighted by Crippen LogP contribution is -2.47. The predicted octanol–water partition coefficient (Wildman–Crippen LogP) is 3.13. The van der Waals surface area contributed by atoms with E-state index in [0.29, 0.717) is 6.61 Å². The van der Waals surface area contributed by atoms with Crippen molar-refractivity contribution >= 4 is 11.6 Å². The first kappa shape index (κ1) is 17.1. The molecule has 1 fully saturated rings. The van der Waals surface area contributed by atoms with Gasteiger partial charge < -0.3 is 14.4 Å². The van der Waals surface area contributed by atoms with E-state index in [1.807, 2.05) is 0 Å². The van der Waals surface area contributed by atoms with Crippen LogP contribution in [0.15, 0.2) is 36.4 Å². The van der Waals surface area contributed by atoms with Crippen LogP contribution in [0, 0.1) is 17.5 Å². The molecule has 4 rings (SSSR count). The Morgan fingerprint density at radius 3 is 2.46 bits per heavy atom. The van der Waals surface area contributed by atoms with E-state index in [1.165, 1.54) is 30.2 Å². The van der Waals surface area contributed by atoms with E-state index in [1.54, 1.807) is 0 Å². The first-order chi connectivity index (χ1) is 12.5. The number of nitrogens with zero attached hydrogens (tertiary/aromatic N) is 1. The summed E-state index contributed by atoms with van der Waals surface area (Å²) in [6.45, 7) is 0.813. The number of halogens is 3. The average molecular weight is 363 g/mol. The van der Waals surface area contributed by atoms with Gasteiger partial charge >= 0.3 is 0 Å². The van der Waals surface area contributed by atoms with Crippen molar-refractivity contribution in [1.29, 1.82) is 0 Å². The Hall–Kier alpha value is -2.38. The van der Waals surface area contributed by atoms with Crippen LogP contribution in [0.4, 0.5) is 18.9 Å². The molecule has 0 spiro atoms. The lowest BCUT2D eigenvalue weighted by Gasteiger charge is -2.32. The number of benzene rings is 2. The molecule has 2 aliphatic rings. The SMILES string of the molecule is CO[C@]1(c2ccc(F)cc2)C(=O)N(C[C@H]2CCO2)c2ccc(F)c(F)c21. The zero-order chi connectivity index (χ0) is 18.5. The van der Waals surface area contributed by atoms with Gasteiger partial charge in [-0.2, -0.15) is 0 Å². The molecule has 0 aromatic heterocycles. The van der Waals surface area contributed by atoms with E-state index in [-0.39, 0.29) is 29.5 Å². The van der Waals surface area contributed by atoms with Crippen LogP contribution >= 0.6 is 0 Å². The fourth-order valence-electron chi connectivity index (χ4n) is 3.58. The minimum atomic E-state index is -1.88. The maximum absolute atomic E-state index is 14.8. The topological polar surface area (TPSA) is 38.8 Å². The normalized spacial score (nSPS) is 24.5. The minimum absolute atomic E-state index is 0.166. The van der Waals surface area contributed by atoms with E-state index in [2.05, 4.69) is 0 Å². The van der Waals surface area contributed by atoms with E-state index < -0.39 is 29.0 Å². The second-order valence-corrected chi connectivity index (χ2v) is 6.34. The summed E-state index contributed by atoms with van der Waals surface area (Å²) >= 11 is 0. The predicted molar refractivity (Wildman–Crippen MR) is 87.3 cm³/mol. The van der Waals surface area contributed by atoms with Crippen LogP contribution in [0.5, 0.6) is 0 Å². The van der Waals surface area contributed by atoms with E-state index in [9.17, 15) is 18.0 Å². The number of amides is 1. The van der Waals surface area contributed by atoms with Crippen molar-refractivity contribution in [1.82, 2.24) is 0 Å². The van der Waals surface area contributed by atoms with Crippen molar-refractivity contribution in [3.8, 4) is 0 Å². The van der Waals surface area contributed by atoms with Crippen LogP contribution < -0.4 is 4.90 Å². The maximum atomic E-state index is 14.8. The number of methoxy groups -OCH3 is 1. The molecule has 136 valence electrons. The summed E-state index contributed by atoms with van der Waals surface area (Å²) in [6, 6.07) is 7.32. The van der Waals surface area contributed by atoms with E-state index in [0.717, 1.165) is 24.6 Å². The highest BCUT2D eigenvalue weighted by Crippen LogP contribution is 2.48. The van der Waals surface area contributed by atoms with Crippen LogP contribution in [0.25, 0.3) is 0 Å². The van der Waals surface area contributed by atoms with Crippen molar-refractivity contribution in [3.05, 3.63) is 65.0 Å². The van der Waals surface area contributed by atoms with Gasteiger partial charge in [0.05, 0.1) is 23.9 Å². The molecule has 2 atom stereocenters. The third kappa shape index (κ3) is 2.27. The van der Waals surface area contributed by atoms with Gasteiger partial charge in [0.15, 0.2) is 11.6 Å². The second kappa shape index (κ2) is 6.10. The molecule has 0 saturated carbocycles. The van der Waals surface area contributed by atoms with Gasteiger partial charge in [0, 0.05) is 13.7 Å². The molecule has 0 unspecified atom stereocenters. The molecule has 4 nitrogen and oxygen atoms in total. The summed E-state index contributed by atoms with van der Waals surface area (Å²) in [5, 5.41) is 0. The molecule has 1 amide bonds. The van der Waals surface area contributed by atoms with Gasteiger partial charge in [-0.25, -0.2) is 13.2 Å². The molecule has 0 aliphatic carbocycles. The number of carbonyl (C=O) groups excluding carboxylic acids is 1. The summed E-state index contributed by atoms with van der Waals surface area (Å²) in [7, 11) is 1.25. The number of carbonyl (C=O) groups is 1. The molecule has 0 N–H and O–H groups in total. The van der Waals surface area contributed by atoms with Gasteiger partial charge in [-0.1, -0.05) is 12.1 Å². The van der Waals surface area contributed by atoms with Crippen LogP contribution in [0.2, 0.25) is 0 Å². The van der Waals surface area contributed by atoms with Crippen LogP contribution in [-0.2, 0) is 19.9 Å². The molecule has 0 bridgehead atoms. The Morgan fingerprint density at radius 2 is 1.88 bits per heavy atom. The number of ether oxygens (including phenoxy) is 2. The first-order valence-corrected chi connectivity index (χ1v) is 8.22.